The van der Waals surface area contributed by atoms with Gasteiger partial charge in [0.2, 0.25) is 0 Å². The summed E-state index contributed by atoms with van der Waals surface area (Å²) in [6.07, 6.45) is 0.956. The molecule has 2 aromatic rings. The normalized spacial score (nSPS) is 16.0. The molecular weight excluding hydrogens is 282 g/mol. The minimum atomic E-state index is -0.708. The van der Waals surface area contributed by atoms with Crippen LogP contribution in [0.5, 0.6) is 0 Å². The van der Waals surface area contributed by atoms with Crippen LogP contribution in [-0.4, -0.2) is 31.3 Å². The van der Waals surface area contributed by atoms with Crippen LogP contribution in [0.3, 0.4) is 0 Å². The Hall–Kier alpha value is -2.00. The van der Waals surface area contributed by atoms with Crippen molar-refractivity contribution in [2.24, 2.45) is 0 Å². The van der Waals surface area contributed by atoms with Crippen LogP contribution in [-0.2, 0) is 13.1 Å². The van der Waals surface area contributed by atoms with Crippen LogP contribution >= 0.6 is 11.3 Å². The number of aromatic nitrogens is 3. The van der Waals surface area contributed by atoms with Gasteiger partial charge in [0.05, 0.1) is 17.6 Å². The maximum atomic E-state index is 11.2. The third kappa shape index (κ3) is 2.14. The molecule has 106 valence electrons. The standard InChI is InChI=1S/C11H13N5O3S/c1-7(17)9-4-8(16(18)19)11(20-9)14-2-3-15-6-12-13-10(15)5-14/h4,6-7,17H,2-3,5H2,1H3/t7-/m0/s1. The molecule has 1 N–H and O–H groups in total. The topological polar surface area (TPSA) is 97.3 Å². The monoisotopic (exact) mass is 295 g/mol. The van der Waals surface area contributed by atoms with E-state index in [1.807, 2.05) is 9.47 Å². The summed E-state index contributed by atoms with van der Waals surface area (Å²) in [5.74, 6) is 0.789. The molecule has 0 radical (unpaired) electrons. The van der Waals surface area contributed by atoms with E-state index in [0.29, 0.717) is 29.5 Å². The quantitative estimate of drug-likeness (QED) is 0.677. The Labute approximate surface area is 118 Å². The minimum Gasteiger partial charge on any atom is -0.388 e. The highest BCUT2D eigenvalue weighted by Crippen LogP contribution is 2.41. The molecule has 0 saturated carbocycles. The summed E-state index contributed by atoms with van der Waals surface area (Å²) in [7, 11) is 0. The van der Waals surface area contributed by atoms with Crippen molar-refractivity contribution >= 4 is 22.0 Å². The maximum absolute atomic E-state index is 11.2. The molecular formula is C11H13N5O3S. The molecule has 20 heavy (non-hydrogen) atoms. The SMILES string of the molecule is C[C@H](O)c1cc([N+](=O)[O-])c(N2CCn3cnnc3C2)s1. The molecule has 0 amide bonds. The number of aliphatic hydroxyl groups excluding tert-OH is 1. The molecule has 0 aromatic carbocycles. The van der Waals surface area contributed by atoms with E-state index in [2.05, 4.69) is 10.2 Å². The van der Waals surface area contributed by atoms with Gasteiger partial charge in [-0.15, -0.1) is 21.5 Å². The number of aliphatic hydroxyl groups is 1. The molecule has 0 saturated heterocycles. The van der Waals surface area contributed by atoms with Crippen LogP contribution in [0.2, 0.25) is 0 Å². The average Bonchev–Trinajstić information content (AvgIpc) is 3.04. The number of fused-ring (bicyclic) bond motifs is 1. The Kier molecular flexibility index (Phi) is 3.14. The second-order valence-electron chi connectivity index (χ2n) is 4.63. The smallest absolute Gasteiger partial charge is 0.304 e. The first-order valence-electron chi connectivity index (χ1n) is 6.14. The molecule has 0 aliphatic carbocycles. The molecule has 3 heterocycles. The third-order valence-electron chi connectivity index (χ3n) is 3.25. The van der Waals surface area contributed by atoms with Gasteiger partial charge in [-0.25, -0.2) is 0 Å². The van der Waals surface area contributed by atoms with Crippen molar-refractivity contribution in [1.82, 2.24) is 14.8 Å². The molecule has 1 aliphatic heterocycles. The number of nitro groups is 1. The molecule has 0 fully saturated rings. The van der Waals surface area contributed by atoms with Gasteiger partial charge in [0.1, 0.15) is 6.33 Å². The highest BCUT2D eigenvalue weighted by Gasteiger charge is 2.28. The lowest BCUT2D eigenvalue weighted by Crippen LogP contribution is -2.33. The molecule has 0 bridgehead atoms. The molecule has 0 unspecified atom stereocenters. The first-order valence-corrected chi connectivity index (χ1v) is 6.95. The van der Waals surface area contributed by atoms with Crippen molar-refractivity contribution in [2.45, 2.75) is 26.1 Å². The fourth-order valence-corrected chi connectivity index (χ4v) is 3.28. The van der Waals surface area contributed by atoms with Crippen molar-refractivity contribution in [2.75, 3.05) is 11.4 Å². The largest absolute Gasteiger partial charge is 0.388 e. The summed E-state index contributed by atoms with van der Waals surface area (Å²) in [5, 5.41) is 29.2. The van der Waals surface area contributed by atoms with E-state index in [9.17, 15) is 15.2 Å². The lowest BCUT2D eigenvalue weighted by molar-refractivity contribution is -0.383. The Morgan fingerprint density at radius 2 is 2.35 bits per heavy atom. The molecule has 8 nitrogen and oxygen atoms in total. The number of hydrogen-bond donors (Lipinski definition) is 1. The van der Waals surface area contributed by atoms with Crippen molar-refractivity contribution in [3.8, 4) is 0 Å². The third-order valence-corrected chi connectivity index (χ3v) is 4.60. The fraction of sp³-hybridized carbons (Fsp3) is 0.455. The summed E-state index contributed by atoms with van der Waals surface area (Å²) in [4.78, 5) is 13.3. The fourth-order valence-electron chi connectivity index (χ4n) is 2.19. The zero-order valence-corrected chi connectivity index (χ0v) is 11.6. The Morgan fingerprint density at radius 1 is 1.55 bits per heavy atom. The maximum Gasteiger partial charge on any atom is 0.304 e. The lowest BCUT2D eigenvalue weighted by Gasteiger charge is -2.27. The summed E-state index contributed by atoms with van der Waals surface area (Å²) in [5.41, 5.74) is 0.0406. The van der Waals surface area contributed by atoms with Crippen LogP contribution < -0.4 is 4.90 Å². The predicted molar refractivity (Wildman–Crippen MR) is 72.7 cm³/mol. The molecule has 3 rings (SSSR count). The zero-order valence-electron chi connectivity index (χ0n) is 10.8. The molecule has 0 spiro atoms. The highest BCUT2D eigenvalue weighted by molar-refractivity contribution is 7.16. The van der Waals surface area contributed by atoms with Crippen LogP contribution in [0, 0.1) is 10.1 Å². The number of thiophene rings is 1. The Balaban J connectivity index is 1.96. The van der Waals surface area contributed by atoms with Crippen molar-refractivity contribution in [3.05, 3.63) is 33.2 Å². The summed E-state index contributed by atoms with van der Waals surface area (Å²) in [6.45, 7) is 3.44. The van der Waals surface area contributed by atoms with Crippen LogP contribution in [0.25, 0.3) is 0 Å². The van der Waals surface area contributed by atoms with Gasteiger partial charge in [-0.1, -0.05) is 0 Å². The lowest BCUT2D eigenvalue weighted by atomic mass is 10.3. The van der Waals surface area contributed by atoms with Gasteiger partial charge in [0.25, 0.3) is 0 Å². The second kappa shape index (κ2) is 4.84. The van der Waals surface area contributed by atoms with E-state index in [4.69, 9.17) is 0 Å². The van der Waals surface area contributed by atoms with E-state index in [1.54, 1.807) is 13.3 Å². The molecule has 2 aromatic heterocycles. The van der Waals surface area contributed by atoms with Gasteiger partial charge < -0.3 is 14.6 Å². The minimum absolute atomic E-state index is 0.0406. The number of rotatable bonds is 3. The summed E-state index contributed by atoms with van der Waals surface area (Å²) < 4.78 is 1.94. The second-order valence-corrected chi connectivity index (χ2v) is 5.70. The van der Waals surface area contributed by atoms with Gasteiger partial charge in [-0.05, 0) is 6.92 Å². The van der Waals surface area contributed by atoms with Crippen molar-refractivity contribution in [1.29, 1.82) is 0 Å². The summed E-state index contributed by atoms with van der Waals surface area (Å²) in [6, 6.07) is 1.45. The van der Waals surface area contributed by atoms with Crippen LogP contribution in [0.4, 0.5) is 10.7 Å². The van der Waals surface area contributed by atoms with E-state index in [-0.39, 0.29) is 5.69 Å². The van der Waals surface area contributed by atoms with E-state index in [1.165, 1.54) is 17.4 Å². The van der Waals surface area contributed by atoms with Gasteiger partial charge in [-0.3, -0.25) is 10.1 Å². The number of anilines is 1. The van der Waals surface area contributed by atoms with Crippen LogP contribution in [0.1, 0.15) is 23.7 Å². The molecule has 9 heteroatoms. The van der Waals surface area contributed by atoms with E-state index < -0.39 is 11.0 Å². The first kappa shape index (κ1) is 13.0. The van der Waals surface area contributed by atoms with Gasteiger partial charge >= 0.3 is 5.69 Å². The number of nitrogens with zero attached hydrogens (tertiary/aromatic N) is 5. The molecule has 1 aliphatic rings. The van der Waals surface area contributed by atoms with Crippen molar-refractivity contribution < 1.29 is 10.0 Å². The highest BCUT2D eigenvalue weighted by atomic mass is 32.1. The number of hydrogen-bond acceptors (Lipinski definition) is 7. The van der Waals surface area contributed by atoms with Gasteiger partial charge in [-0.2, -0.15) is 0 Å². The van der Waals surface area contributed by atoms with Crippen LogP contribution in [0.15, 0.2) is 12.4 Å². The Morgan fingerprint density at radius 3 is 3.05 bits per heavy atom. The van der Waals surface area contributed by atoms with Crippen molar-refractivity contribution in [3.63, 3.8) is 0 Å². The Bertz CT molecular complexity index is 650. The van der Waals surface area contributed by atoms with Gasteiger partial charge in [0.15, 0.2) is 10.8 Å². The van der Waals surface area contributed by atoms with E-state index in [0.717, 1.165) is 5.82 Å². The zero-order chi connectivity index (χ0) is 14.3. The first-order chi connectivity index (χ1) is 9.56. The molecule has 1 atom stereocenters. The summed E-state index contributed by atoms with van der Waals surface area (Å²) >= 11 is 1.26. The van der Waals surface area contributed by atoms with Gasteiger partial charge in [0, 0.05) is 24.0 Å². The predicted octanol–water partition coefficient (Wildman–Crippen LogP) is 1.32. The van der Waals surface area contributed by atoms with E-state index >= 15 is 0 Å². The average molecular weight is 295 g/mol.